The van der Waals surface area contributed by atoms with E-state index in [2.05, 4.69) is 9.72 Å². The summed E-state index contributed by atoms with van der Waals surface area (Å²) >= 11 is 0. The summed E-state index contributed by atoms with van der Waals surface area (Å²) in [6, 6.07) is 7.05. The van der Waals surface area contributed by atoms with Crippen LogP contribution < -0.4 is 5.43 Å². The molecule has 2 heterocycles. The predicted molar refractivity (Wildman–Crippen MR) is 77.9 cm³/mol. The number of aryl methyl sites for hydroxylation is 1. The number of nitrogens with zero attached hydrogens (tertiary/aromatic N) is 1. The number of amides is 2. The van der Waals surface area contributed by atoms with Gasteiger partial charge in [-0.1, -0.05) is 18.2 Å². The zero-order valence-electron chi connectivity index (χ0n) is 12.4. The molecule has 1 aromatic carbocycles. The number of ether oxygens (including phenoxy) is 1. The highest BCUT2D eigenvalue weighted by atomic mass is 19.3. The number of benzene rings is 1. The van der Waals surface area contributed by atoms with Crippen molar-refractivity contribution in [1.82, 2.24) is 15.4 Å². The Hall–Kier alpha value is -2.64. The minimum absolute atomic E-state index is 0.0484. The maximum absolute atomic E-state index is 14.3. The van der Waals surface area contributed by atoms with Crippen molar-refractivity contribution in [2.24, 2.45) is 0 Å². The number of aromatic nitrogens is 1. The fraction of sp³-hybridized carbons (Fsp3) is 0.333. The van der Waals surface area contributed by atoms with Gasteiger partial charge >= 0.3 is 17.9 Å². The molecule has 0 aliphatic carbocycles. The van der Waals surface area contributed by atoms with Crippen LogP contribution in [0, 0.1) is 6.92 Å². The van der Waals surface area contributed by atoms with Crippen molar-refractivity contribution in [1.29, 1.82) is 0 Å². The number of aromatic amines is 1. The van der Waals surface area contributed by atoms with E-state index in [9.17, 15) is 18.4 Å². The first kappa shape index (κ1) is 15.3. The Kier molecular flexibility index (Phi) is 3.67. The van der Waals surface area contributed by atoms with E-state index in [1.807, 2.05) is 5.43 Å². The molecule has 0 atom stereocenters. The molecule has 8 heteroatoms. The molecule has 1 fully saturated rings. The largest absolute Gasteiger partial charge is 0.446 e. The number of rotatable bonds is 4. The van der Waals surface area contributed by atoms with Crippen LogP contribution in [0.4, 0.5) is 13.6 Å². The maximum atomic E-state index is 14.3. The molecule has 0 bridgehead atoms. The van der Waals surface area contributed by atoms with Crippen LogP contribution in [0.3, 0.4) is 0 Å². The van der Waals surface area contributed by atoms with Crippen LogP contribution in [0.5, 0.6) is 0 Å². The van der Waals surface area contributed by atoms with Gasteiger partial charge in [0, 0.05) is 23.0 Å². The van der Waals surface area contributed by atoms with Crippen LogP contribution in [-0.4, -0.2) is 41.1 Å². The molecule has 1 aromatic heterocycles. The van der Waals surface area contributed by atoms with E-state index in [1.54, 1.807) is 31.2 Å². The molecule has 0 spiro atoms. The van der Waals surface area contributed by atoms with Crippen molar-refractivity contribution in [2.45, 2.75) is 19.3 Å². The molecule has 2 amide bonds. The number of hydrogen-bond donors (Lipinski definition) is 2. The minimum atomic E-state index is -3.65. The van der Waals surface area contributed by atoms with Crippen LogP contribution in [-0.2, 0) is 16.0 Å². The number of hydrazine groups is 1. The molecule has 0 radical (unpaired) electrons. The smallest absolute Gasteiger partial charge is 0.428 e. The summed E-state index contributed by atoms with van der Waals surface area (Å²) in [5, 5.41) is 1.40. The predicted octanol–water partition coefficient (Wildman–Crippen LogP) is 2.14. The average Bonchev–Trinajstić information content (AvgIpc) is 3.03. The minimum Gasteiger partial charge on any atom is -0.446 e. The number of halogens is 2. The van der Waals surface area contributed by atoms with Crippen LogP contribution in [0.25, 0.3) is 10.9 Å². The van der Waals surface area contributed by atoms with E-state index in [4.69, 9.17) is 0 Å². The lowest BCUT2D eigenvalue weighted by Gasteiger charge is -2.20. The van der Waals surface area contributed by atoms with Crippen LogP contribution in [0.2, 0.25) is 0 Å². The first-order chi connectivity index (χ1) is 10.9. The molecule has 122 valence electrons. The van der Waals surface area contributed by atoms with Crippen LogP contribution in [0.15, 0.2) is 24.3 Å². The third-order valence-corrected chi connectivity index (χ3v) is 3.76. The highest BCUT2D eigenvalue weighted by molar-refractivity contribution is 5.88. The zero-order chi connectivity index (χ0) is 16.6. The molecule has 6 nitrogen and oxygen atoms in total. The van der Waals surface area contributed by atoms with Gasteiger partial charge in [0.25, 0.3) is 0 Å². The van der Waals surface area contributed by atoms with Crippen molar-refractivity contribution in [3.63, 3.8) is 0 Å². The number of hydrogen-bond acceptors (Lipinski definition) is 3. The first-order valence-electron chi connectivity index (χ1n) is 7.08. The Bertz CT molecular complexity index is 772. The van der Waals surface area contributed by atoms with E-state index in [-0.39, 0.29) is 13.2 Å². The van der Waals surface area contributed by atoms with E-state index in [1.165, 1.54) is 0 Å². The Labute approximate surface area is 130 Å². The second kappa shape index (κ2) is 5.53. The topological polar surface area (TPSA) is 74.4 Å². The van der Waals surface area contributed by atoms with Crippen LogP contribution >= 0.6 is 0 Å². The van der Waals surface area contributed by atoms with Crippen LogP contribution in [0.1, 0.15) is 11.3 Å². The Balaban J connectivity index is 1.80. The van der Waals surface area contributed by atoms with Crippen molar-refractivity contribution in [2.75, 3.05) is 13.2 Å². The number of H-pyrrole nitrogens is 1. The van der Waals surface area contributed by atoms with Crippen molar-refractivity contribution >= 4 is 22.9 Å². The number of nitrogens with one attached hydrogen (secondary N) is 2. The number of fused-ring (bicyclic) bond motifs is 1. The van der Waals surface area contributed by atoms with Gasteiger partial charge in [-0.15, -0.1) is 0 Å². The lowest BCUT2D eigenvalue weighted by Crippen LogP contribution is -2.50. The van der Waals surface area contributed by atoms with Crippen molar-refractivity contribution in [3.05, 3.63) is 35.5 Å². The van der Waals surface area contributed by atoms with E-state index >= 15 is 0 Å². The highest BCUT2D eigenvalue weighted by Gasteiger charge is 2.42. The van der Waals surface area contributed by atoms with Crippen molar-refractivity contribution in [3.8, 4) is 0 Å². The third-order valence-electron chi connectivity index (χ3n) is 3.76. The molecular formula is C15H15F2N3O3. The Morgan fingerprint density at radius 3 is 2.87 bits per heavy atom. The summed E-state index contributed by atoms with van der Waals surface area (Å²) in [7, 11) is 0. The summed E-state index contributed by atoms with van der Waals surface area (Å²) < 4.78 is 33.1. The van der Waals surface area contributed by atoms with Gasteiger partial charge in [-0.05, 0) is 18.6 Å². The number of carbonyl (C=O) groups is 2. The number of alkyl halides is 2. The highest BCUT2D eigenvalue weighted by Crippen LogP contribution is 2.29. The average molecular weight is 323 g/mol. The fourth-order valence-electron chi connectivity index (χ4n) is 2.56. The lowest BCUT2D eigenvalue weighted by molar-refractivity contribution is -0.149. The molecule has 1 aliphatic heterocycles. The number of cyclic esters (lactones) is 1. The summed E-state index contributed by atoms with van der Waals surface area (Å²) in [6.07, 6.45) is -1.59. The molecule has 3 rings (SSSR count). The molecule has 2 N–H and O–H groups in total. The van der Waals surface area contributed by atoms with E-state index < -0.39 is 24.3 Å². The Morgan fingerprint density at radius 1 is 1.43 bits per heavy atom. The molecule has 1 aliphatic rings. The second-order valence-electron chi connectivity index (χ2n) is 5.36. The van der Waals surface area contributed by atoms with E-state index in [0.717, 1.165) is 10.5 Å². The molecule has 0 saturated carbocycles. The summed E-state index contributed by atoms with van der Waals surface area (Å²) in [6.45, 7) is 1.79. The second-order valence-corrected chi connectivity index (χ2v) is 5.36. The van der Waals surface area contributed by atoms with Gasteiger partial charge in [-0.3, -0.25) is 10.2 Å². The number of para-hydroxylation sites is 1. The van der Waals surface area contributed by atoms with Gasteiger partial charge in [0.15, 0.2) is 0 Å². The molecule has 2 aromatic rings. The SMILES string of the molecule is Cc1[nH]c2ccccc2c1CC(F)(F)C(=O)NN1CCOC1=O. The first-order valence-corrected chi connectivity index (χ1v) is 7.08. The number of carbonyl (C=O) groups excluding carboxylic acids is 2. The maximum Gasteiger partial charge on any atom is 0.428 e. The Morgan fingerprint density at radius 2 is 2.17 bits per heavy atom. The molecular weight excluding hydrogens is 308 g/mol. The van der Waals surface area contributed by atoms with Gasteiger partial charge < -0.3 is 9.72 Å². The zero-order valence-corrected chi connectivity index (χ0v) is 12.4. The summed E-state index contributed by atoms with van der Waals surface area (Å²) in [5.74, 6) is -5.18. The monoisotopic (exact) mass is 323 g/mol. The van der Waals surface area contributed by atoms with Gasteiger partial charge in [0.1, 0.15) is 6.61 Å². The fourth-order valence-corrected chi connectivity index (χ4v) is 2.56. The molecule has 23 heavy (non-hydrogen) atoms. The molecule has 0 unspecified atom stereocenters. The normalized spacial score (nSPS) is 15.1. The van der Waals surface area contributed by atoms with Gasteiger partial charge in [0.2, 0.25) is 0 Å². The quantitative estimate of drug-likeness (QED) is 0.905. The third kappa shape index (κ3) is 2.84. The van der Waals surface area contributed by atoms with Gasteiger partial charge in [-0.2, -0.15) is 8.78 Å². The lowest BCUT2D eigenvalue weighted by atomic mass is 10.0. The van der Waals surface area contributed by atoms with E-state index in [0.29, 0.717) is 16.6 Å². The summed E-state index contributed by atoms with van der Waals surface area (Å²) in [4.78, 5) is 26.1. The van der Waals surface area contributed by atoms with Gasteiger partial charge in [-0.25, -0.2) is 9.80 Å². The standard InChI is InChI=1S/C15H15F2N3O3/c1-9-11(10-4-2-3-5-12(10)18-9)8-15(16,17)13(21)19-20-6-7-23-14(20)22/h2-5,18H,6-8H2,1H3,(H,19,21). The van der Waals surface area contributed by atoms with Crippen molar-refractivity contribution < 1.29 is 23.1 Å². The van der Waals surface area contributed by atoms with Gasteiger partial charge in [0.05, 0.1) is 6.54 Å². The summed E-state index contributed by atoms with van der Waals surface area (Å²) in [5.41, 5.74) is 3.61. The molecule has 1 saturated heterocycles.